The summed E-state index contributed by atoms with van der Waals surface area (Å²) in [6.07, 6.45) is 3.00. The van der Waals surface area contributed by atoms with Gasteiger partial charge >= 0.3 is 0 Å². The third-order valence-electron chi connectivity index (χ3n) is 3.94. The summed E-state index contributed by atoms with van der Waals surface area (Å²) in [5.74, 6) is 0.816. The molecule has 0 aliphatic heterocycles. The Morgan fingerprint density at radius 2 is 1.71 bits per heavy atom. The predicted octanol–water partition coefficient (Wildman–Crippen LogP) is 3.52. The van der Waals surface area contributed by atoms with Gasteiger partial charge < -0.3 is 10.4 Å². The molecule has 0 radical (unpaired) electrons. The molecule has 2 aromatic rings. The molecule has 0 spiro atoms. The molecule has 0 bridgehead atoms. The van der Waals surface area contributed by atoms with Crippen LogP contribution in [0.1, 0.15) is 18.9 Å². The largest absolute Gasteiger partial charge is 0.388 e. The first kappa shape index (κ1) is 18.6. The Bertz CT molecular complexity index is 638. The van der Waals surface area contributed by atoms with Crippen molar-refractivity contribution in [3.63, 3.8) is 0 Å². The standard InChI is InChI=1S/C20H25NO2S/c1-20(23,12-13-24-2)15-21-19(22)14-16-8-10-18(11-9-16)17-6-4-3-5-7-17/h3-11,23H,12-15H2,1-2H3,(H,21,22)/t20-/m0/s1. The topological polar surface area (TPSA) is 49.3 Å². The molecular formula is C20H25NO2S. The van der Waals surface area contributed by atoms with Gasteiger partial charge in [0, 0.05) is 6.54 Å². The lowest BCUT2D eigenvalue weighted by Gasteiger charge is -2.23. The van der Waals surface area contributed by atoms with Gasteiger partial charge in [-0.05, 0) is 42.0 Å². The quantitative estimate of drug-likeness (QED) is 0.771. The van der Waals surface area contributed by atoms with Crippen LogP contribution < -0.4 is 5.32 Å². The maximum Gasteiger partial charge on any atom is 0.224 e. The molecule has 0 saturated heterocycles. The molecule has 0 aliphatic rings. The third-order valence-corrected chi connectivity index (χ3v) is 4.55. The molecule has 0 aromatic heterocycles. The van der Waals surface area contributed by atoms with Gasteiger partial charge in [-0.15, -0.1) is 0 Å². The predicted molar refractivity (Wildman–Crippen MR) is 102 cm³/mol. The molecule has 3 nitrogen and oxygen atoms in total. The number of rotatable bonds is 8. The molecule has 0 aliphatic carbocycles. The van der Waals surface area contributed by atoms with E-state index in [4.69, 9.17) is 0 Å². The van der Waals surface area contributed by atoms with Crippen LogP contribution in [0.2, 0.25) is 0 Å². The second kappa shape index (κ2) is 8.90. The van der Waals surface area contributed by atoms with E-state index in [0.717, 1.165) is 16.9 Å². The van der Waals surface area contributed by atoms with E-state index in [1.807, 2.05) is 48.7 Å². The van der Waals surface area contributed by atoms with Crippen molar-refractivity contribution in [1.29, 1.82) is 0 Å². The average molecular weight is 343 g/mol. The van der Waals surface area contributed by atoms with Crippen LogP contribution in [-0.2, 0) is 11.2 Å². The average Bonchev–Trinajstić information content (AvgIpc) is 2.60. The van der Waals surface area contributed by atoms with Crippen LogP contribution in [0.5, 0.6) is 0 Å². The zero-order valence-electron chi connectivity index (χ0n) is 14.3. The Kier molecular flexibility index (Phi) is 6.88. The number of carbonyl (C=O) groups is 1. The molecule has 1 atom stereocenters. The minimum Gasteiger partial charge on any atom is -0.388 e. The van der Waals surface area contributed by atoms with Crippen molar-refractivity contribution in [2.24, 2.45) is 0 Å². The van der Waals surface area contributed by atoms with Crippen molar-refractivity contribution in [2.45, 2.75) is 25.4 Å². The van der Waals surface area contributed by atoms with Crippen LogP contribution in [0.15, 0.2) is 54.6 Å². The Morgan fingerprint density at radius 3 is 2.33 bits per heavy atom. The zero-order valence-corrected chi connectivity index (χ0v) is 15.1. The Balaban J connectivity index is 1.86. The summed E-state index contributed by atoms with van der Waals surface area (Å²) in [6.45, 7) is 2.05. The van der Waals surface area contributed by atoms with Crippen LogP contribution >= 0.6 is 11.8 Å². The van der Waals surface area contributed by atoms with Crippen LogP contribution in [0.3, 0.4) is 0 Å². The van der Waals surface area contributed by atoms with Gasteiger partial charge in [-0.1, -0.05) is 54.6 Å². The van der Waals surface area contributed by atoms with Crippen LogP contribution in [0.25, 0.3) is 11.1 Å². The van der Waals surface area contributed by atoms with E-state index in [-0.39, 0.29) is 12.5 Å². The molecule has 4 heteroatoms. The monoisotopic (exact) mass is 343 g/mol. The fourth-order valence-corrected chi connectivity index (χ4v) is 3.04. The molecule has 24 heavy (non-hydrogen) atoms. The summed E-state index contributed by atoms with van der Waals surface area (Å²) in [5.41, 5.74) is 2.42. The van der Waals surface area contributed by atoms with E-state index in [1.54, 1.807) is 18.7 Å². The lowest BCUT2D eigenvalue weighted by atomic mass is 10.0. The normalized spacial score (nSPS) is 13.3. The van der Waals surface area contributed by atoms with Gasteiger partial charge in [0.15, 0.2) is 0 Å². The number of amides is 1. The molecule has 2 aromatic carbocycles. The molecule has 2 rings (SSSR count). The molecule has 0 unspecified atom stereocenters. The minimum atomic E-state index is -0.851. The molecule has 0 fully saturated rings. The van der Waals surface area contributed by atoms with Crippen molar-refractivity contribution >= 4 is 17.7 Å². The Labute approximate surface area is 148 Å². The van der Waals surface area contributed by atoms with Crippen LogP contribution in [0.4, 0.5) is 0 Å². The van der Waals surface area contributed by atoms with Crippen LogP contribution in [-0.4, -0.2) is 35.2 Å². The highest BCUT2D eigenvalue weighted by atomic mass is 32.2. The summed E-state index contributed by atoms with van der Waals surface area (Å²) in [4.78, 5) is 12.1. The molecule has 2 N–H and O–H groups in total. The summed E-state index contributed by atoms with van der Waals surface area (Å²) in [7, 11) is 0. The van der Waals surface area contributed by atoms with E-state index < -0.39 is 5.60 Å². The molecule has 0 saturated carbocycles. The van der Waals surface area contributed by atoms with E-state index in [1.165, 1.54) is 5.56 Å². The van der Waals surface area contributed by atoms with Crippen molar-refractivity contribution in [1.82, 2.24) is 5.32 Å². The van der Waals surface area contributed by atoms with E-state index in [0.29, 0.717) is 12.8 Å². The molecule has 1 amide bonds. The highest BCUT2D eigenvalue weighted by Crippen LogP contribution is 2.19. The number of carbonyl (C=O) groups excluding carboxylic acids is 1. The maximum absolute atomic E-state index is 12.1. The second-order valence-electron chi connectivity index (χ2n) is 6.26. The van der Waals surface area contributed by atoms with Crippen molar-refractivity contribution < 1.29 is 9.90 Å². The third kappa shape index (κ3) is 6.02. The summed E-state index contributed by atoms with van der Waals surface area (Å²) in [5, 5.41) is 13.0. The highest BCUT2D eigenvalue weighted by Gasteiger charge is 2.20. The number of aliphatic hydroxyl groups is 1. The van der Waals surface area contributed by atoms with E-state index in [2.05, 4.69) is 17.4 Å². The number of thioether (sulfide) groups is 1. The van der Waals surface area contributed by atoms with E-state index >= 15 is 0 Å². The lowest BCUT2D eigenvalue weighted by Crippen LogP contribution is -2.41. The van der Waals surface area contributed by atoms with Gasteiger partial charge in [0.2, 0.25) is 5.91 Å². The fourth-order valence-electron chi connectivity index (χ4n) is 2.39. The number of hydrogen-bond acceptors (Lipinski definition) is 3. The van der Waals surface area contributed by atoms with Crippen molar-refractivity contribution in [3.8, 4) is 11.1 Å². The second-order valence-corrected chi connectivity index (χ2v) is 7.24. The Morgan fingerprint density at radius 1 is 1.08 bits per heavy atom. The summed E-state index contributed by atoms with van der Waals surface area (Å²) in [6, 6.07) is 18.2. The molecule has 0 heterocycles. The minimum absolute atomic E-state index is 0.0631. The van der Waals surface area contributed by atoms with Gasteiger partial charge in [0.25, 0.3) is 0 Å². The van der Waals surface area contributed by atoms with Crippen LogP contribution in [0, 0.1) is 0 Å². The number of nitrogens with one attached hydrogen (secondary N) is 1. The fraction of sp³-hybridized carbons (Fsp3) is 0.350. The van der Waals surface area contributed by atoms with Gasteiger partial charge in [-0.25, -0.2) is 0 Å². The van der Waals surface area contributed by atoms with Crippen molar-refractivity contribution in [3.05, 3.63) is 60.2 Å². The first-order valence-corrected chi connectivity index (χ1v) is 9.52. The van der Waals surface area contributed by atoms with Gasteiger partial charge in [-0.3, -0.25) is 4.79 Å². The van der Waals surface area contributed by atoms with E-state index in [9.17, 15) is 9.90 Å². The number of hydrogen-bond donors (Lipinski definition) is 2. The lowest BCUT2D eigenvalue weighted by molar-refractivity contribution is -0.121. The maximum atomic E-state index is 12.1. The SMILES string of the molecule is CSCC[C@](C)(O)CNC(=O)Cc1ccc(-c2ccccc2)cc1. The Hall–Kier alpha value is -1.78. The molecule has 128 valence electrons. The summed E-state index contributed by atoms with van der Waals surface area (Å²) < 4.78 is 0. The smallest absolute Gasteiger partial charge is 0.224 e. The summed E-state index contributed by atoms with van der Waals surface area (Å²) >= 11 is 1.69. The van der Waals surface area contributed by atoms with Gasteiger partial charge in [0.05, 0.1) is 12.0 Å². The van der Waals surface area contributed by atoms with Crippen molar-refractivity contribution in [2.75, 3.05) is 18.6 Å². The van der Waals surface area contributed by atoms with Gasteiger partial charge in [0.1, 0.15) is 0 Å². The number of benzene rings is 2. The molecular weight excluding hydrogens is 318 g/mol. The van der Waals surface area contributed by atoms with Gasteiger partial charge in [-0.2, -0.15) is 11.8 Å². The highest BCUT2D eigenvalue weighted by molar-refractivity contribution is 7.98. The first-order valence-electron chi connectivity index (χ1n) is 8.12. The zero-order chi connectivity index (χ0) is 17.4. The first-order chi connectivity index (χ1) is 11.5.